The van der Waals surface area contributed by atoms with Crippen molar-refractivity contribution < 1.29 is 9.90 Å². The van der Waals surface area contributed by atoms with Crippen molar-refractivity contribution in [1.29, 1.82) is 0 Å². The highest BCUT2D eigenvalue weighted by molar-refractivity contribution is 5.74. The molecule has 1 aliphatic heterocycles. The van der Waals surface area contributed by atoms with E-state index < -0.39 is 12.0 Å². The Morgan fingerprint density at radius 3 is 2.71 bits per heavy atom. The van der Waals surface area contributed by atoms with E-state index in [-0.39, 0.29) is 0 Å². The van der Waals surface area contributed by atoms with Crippen molar-refractivity contribution in [3.8, 4) is 0 Å². The summed E-state index contributed by atoms with van der Waals surface area (Å²) in [5.41, 5.74) is 2.03. The summed E-state index contributed by atoms with van der Waals surface area (Å²) in [6.07, 6.45) is 5.35. The van der Waals surface area contributed by atoms with Crippen molar-refractivity contribution in [2.45, 2.75) is 33.0 Å². The summed E-state index contributed by atoms with van der Waals surface area (Å²) in [5.74, 6) is -0.241. The highest BCUT2D eigenvalue weighted by Gasteiger charge is 2.33. The Kier molecular flexibility index (Phi) is 4.75. The Bertz CT molecular complexity index is 702. The van der Waals surface area contributed by atoms with Gasteiger partial charge in [0.15, 0.2) is 0 Å². The number of carbonyl (C=O) groups is 1. The third-order valence-electron chi connectivity index (χ3n) is 4.36. The topological polar surface area (TPSA) is 87.4 Å². The van der Waals surface area contributed by atoms with Crippen LogP contribution >= 0.6 is 0 Å². The molecule has 0 radical (unpaired) electrons. The number of rotatable bonds is 5. The van der Waals surface area contributed by atoms with Gasteiger partial charge in [-0.2, -0.15) is 5.10 Å². The van der Waals surface area contributed by atoms with Gasteiger partial charge in [0.1, 0.15) is 6.04 Å². The first-order chi connectivity index (χ1) is 11.6. The molecule has 0 aliphatic carbocycles. The number of aromatic nitrogens is 4. The van der Waals surface area contributed by atoms with Crippen molar-refractivity contribution in [1.82, 2.24) is 24.6 Å². The normalized spacial score (nSPS) is 18.8. The Morgan fingerprint density at radius 1 is 1.33 bits per heavy atom. The minimum Gasteiger partial charge on any atom is -0.480 e. The second-order valence-electron chi connectivity index (χ2n) is 5.91. The van der Waals surface area contributed by atoms with Gasteiger partial charge >= 0.3 is 5.97 Å². The van der Waals surface area contributed by atoms with E-state index >= 15 is 0 Å². The second kappa shape index (κ2) is 6.96. The standard InChI is InChI=1S/C16H22N6O2/c1-3-22-10-13(12(2)19-22)9-20-7-8-21(11-14(20)15(23)24)16-17-5-4-6-18-16/h4-6,10,14H,3,7-9,11H2,1-2H3,(H,23,24)/t14-/m0/s1. The van der Waals surface area contributed by atoms with E-state index in [1.165, 1.54) is 0 Å². The fraction of sp³-hybridized carbons (Fsp3) is 0.500. The first kappa shape index (κ1) is 16.4. The van der Waals surface area contributed by atoms with Crippen LogP contribution in [0.5, 0.6) is 0 Å². The minimum atomic E-state index is -0.823. The number of hydrogen-bond acceptors (Lipinski definition) is 6. The summed E-state index contributed by atoms with van der Waals surface area (Å²) in [6, 6.07) is 1.16. The Balaban J connectivity index is 1.74. The zero-order valence-electron chi connectivity index (χ0n) is 14.0. The maximum Gasteiger partial charge on any atom is 0.322 e. The molecular formula is C16H22N6O2. The van der Waals surface area contributed by atoms with Crippen LogP contribution in [0.15, 0.2) is 24.7 Å². The lowest BCUT2D eigenvalue weighted by Crippen LogP contribution is -2.56. The molecule has 1 fully saturated rings. The van der Waals surface area contributed by atoms with E-state index in [2.05, 4.69) is 15.1 Å². The molecule has 3 heterocycles. The molecule has 1 atom stereocenters. The monoisotopic (exact) mass is 330 g/mol. The molecule has 0 spiro atoms. The number of carboxylic acids is 1. The maximum atomic E-state index is 11.7. The Hall–Kier alpha value is -2.48. The van der Waals surface area contributed by atoms with Crippen LogP contribution in [0.3, 0.4) is 0 Å². The van der Waals surface area contributed by atoms with Gasteiger partial charge in [0.05, 0.1) is 5.69 Å². The van der Waals surface area contributed by atoms with Crippen LogP contribution in [0.1, 0.15) is 18.2 Å². The van der Waals surface area contributed by atoms with Gasteiger partial charge in [-0.25, -0.2) is 9.97 Å². The molecular weight excluding hydrogens is 308 g/mol. The average molecular weight is 330 g/mol. The SMILES string of the molecule is CCn1cc(CN2CCN(c3ncccn3)C[C@H]2C(=O)O)c(C)n1. The molecule has 0 saturated carbocycles. The number of nitrogens with zero attached hydrogens (tertiary/aromatic N) is 6. The van der Waals surface area contributed by atoms with Crippen molar-refractivity contribution in [2.24, 2.45) is 0 Å². The smallest absolute Gasteiger partial charge is 0.322 e. The minimum absolute atomic E-state index is 0.375. The van der Waals surface area contributed by atoms with Crippen molar-refractivity contribution in [2.75, 3.05) is 24.5 Å². The molecule has 0 bridgehead atoms. The van der Waals surface area contributed by atoms with Gasteiger partial charge in [0, 0.05) is 56.9 Å². The van der Waals surface area contributed by atoms with E-state index in [4.69, 9.17) is 0 Å². The summed E-state index contributed by atoms with van der Waals surface area (Å²) in [4.78, 5) is 24.1. The number of aryl methyl sites for hydroxylation is 2. The van der Waals surface area contributed by atoms with Crippen molar-refractivity contribution >= 4 is 11.9 Å². The van der Waals surface area contributed by atoms with E-state index in [1.807, 2.05) is 34.5 Å². The van der Waals surface area contributed by atoms with Gasteiger partial charge < -0.3 is 10.0 Å². The molecule has 0 amide bonds. The summed E-state index contributed by atoms with van der Waals surface area (Å²) >= 11 is 0. The Labute approximate surface area is 140 Å². The van der Waals surface area contributed by atoms with Gasteiger partial charge in [0.25, 0.3) is 0 Å². The lowest BCUT2D eigenvalue weighted by molar-refractivity contribution is -0.143. The van der Waals surface area contributed by atoms with Crippen LogP contribution in [0.25, 0.3) is 0 Å². The fourth-order valence-corrected chi connectivity index (χ4v) is 2.98. The van der Waals surface area contributed by atoms with E-state index in [0.717, 1.165) is 17.8 Å². The van der Waals surface area contributed by atoms with Crippen LogP contribution in [0.4, 0.5) is 5.95 Å². The first-order valence-corrected chi connectivity index (χ1v) is 8.10. The maximum absolute atomic E-state index is 11.7. The predicted molar refractivity (Wildman–Crippen MR) is 88.7 cm³/mol. The van der Waals surface area contributed by atoms with E-state index in [0.29, 0.717) is 32.1 Å². The van der Waals surface area contributed by atoms with Gasteiger partial charge in [-0.1, -0.05) is 0 Å². The number of piperazine rings is 1. The molecule has 0 aromatic carbocycles. The lowest BCUT2D eigenvalue weighted by Gasteiger charge is -2.39. The first-order valence-electron chi connectivity index (χ1n) is 8.10. The third kappa shape index (κ3) is 3.38. The van der Waals surface area contributed by atoms with Gasteiger partial charge in [-0.3, -0.25) is 14.4 Å². The second-order valence-corrected chi connectivity index (χ2v) is 5.91. The molecule has 128 valence electrons. The number of hydrogen-bond donors (Lipinski definition) is 1. The molecule has 8 nitrogen and oxygen atoms in total. The van der Waals surface area contributed by atoms with Gasteiger partial charge in [-0.05, 0) is 19.9 Å². The van der Waals surface area contributed by atoms with Gasteiger partial charge in [0.2, 0.25) is 5.95 Å². The Morgan fingerprint density at radius 2 is 2.08 bits per heavy atom. The van der Waals surface area contributed by atoms with E-state index in [9.17, 15) is 9.90 Å². The molecule has 0 unspecified atom stereocenters. The van der Waals surface area contributed by atoms with Crippen LogP contribution in [0.2, 0.25) is 0 Å². The summed E-state index contributed by atoms with van der Waals surface area (Å²) < 4.78 is 1.88. The van der Waals surface area contributed by atoms with Crippen LogP contribution in [0, 0.1) is 6.92 Å². The molecule has 2 aromatic rings. The van der Waals surface area contributed by atoms with Crippen LogP contribution in [-0.4, -0.2) is 61.4 Å². The largest absolute Gasteiger partial charge is 0.480 e. The third-order valence-corrected chi connectivity index (χ3v) is 4.36. The predicted octanol–water partition coefficient (Wildman–Crippen LogP) is 0.777. The zero-order valence-corrected chi connectivity index (χ0v) is 14.0. The summed E-state index contributed by atoms with van der Waals surface area (Å²) in [7, 11) is 0. The highest BCUT2D eigenvalue weighted by atomic mass is 16.4. The quantitative estimate of drug-likeness (QED) is 0.866. The molecule has 1 aliphatic rings. The van der Waals surface area contributed by atoms with E-state index in [1.54, 1.807) is 18.5 Å². The highest BCUT2D eigenvalue weighted by Crippen LogP contribution is 2.19. The van der Waals surface area contributed by atoms with Gasteiger partial charge in [-0.15, -0.1) is 0 Å². The molecule has 2 aromatic heterocycles. The van der Waals surface area contributed by atoms with Crippen LogP contribution in [-0.2, 0) is 17.9 Å². The summed E-state index contributed by atoms with van der Waals surface area (Å²) in [5, 5.41) is 14.1. The average Bonchev–Trinajstić information content (AvgIpc) is 2.96. The number of anilines is 1. The summed E-state index contributed by atoms with van der Waals surface area (Å²) in [6.45, 7) is 7.12. The number of carboxylic acid groups (broad SMARTS) is 1. The van der Waals surface area contributed by atoms with Crippen molar-refractivity contribution in [3.05, 3.63) is 35.9 Å². The molecule has 24 heavy (non-hydrogen) atoms. The van der Waals surface area contributed by atoms with Crippen molar-refractivity contribution in [3.63, 3.8) is 0 Å². The molecule has 1 N–H and O–H groups in total. The number of aliphatic carboxylic acids is 1. The fourth-order valence-electron chi connectivity index (χ4n) is 2.98. The lowest BCUT2D eigenvalue weighted by atomic mass is 10.1. The molecule has 3 rings (SSSR count). The van der Waals surface area contributed by atoms with Crippen LogP contribution < -0.4 is 4.90 Å². The zero-order chi connectivity index (χ0) is 17.1. The molecule has 1 saturated heterocycles. The molecule has 8 heteroatoms.